The van der Waals surface area contributed by atoms with Crippen molar-refractivity contribution in [2.24, 2.45) is 0 Å². The van der Waals surface area contributed by atoms with Crippen molar-refractivity contribution in [2.45, 2.75) is 26.2 Å². The zero-order valence-electron chi connectivity index (χ0n) is 10.2. The molecule has 0 spiro atoms. The molecular weight excluding hydrogens is 208 g/mol. The van der Waals surface area contributed by atoms with Crippen LogP contribution in [0.2, 0.25) is 0 Å². The highest BCUT2D eigenvalue weighted by Gasteiger charge is 1.95. The molecule has 0 aliphatic carbocycles. The molecule has 0 saturated heterocycles. The third-order valence-corrected chi connectivity index (χ3v) is 2.88. The summed E-state index contributed by atoms with van der Waals surface area (Å²) in [7, 11) is 0. The minimum Gasteiger partial charge on any atom is -0.508 e. The predicted molar refractivity (Wildman–Crippen MR) is 74.2 cm³/mol. The van der Waals surface area contributed by atoms with Crippen LogP contribution in [0.25, 0.3) is 16.8 Å². The molecule has 0 saturated carbocycles. The molecule has 2 rings (SSSR count). The Morgan fingerprint density at radius 1 is 1.06 bits per heavy atom. The lowest BCUT2D eigenvalue weighted by atomic mass is 10.1. The summed E-state index contributed by atoms with van der Waals surface area (Å²) in [6.45, 7) is 2.20. The monoisotopic (exact) mass is 226 g/mol. The molecule has 2 aromatic rings. The molecule has 0 heterocycles. The van der Waals surface area contributed by atoms with Gasteiger partial charge in [-0.15, -0.1) is 0 Å². The molecule has 17 heavy (non-hydrogen) atoms. The molecule has 0 amide bonds. The van der Waals surface area contributed by atoms with Crippen molar-refractivity contribution in [3.8, 4) is 5.75 Å². The average molecular weight is 226 g/mol. The lowest BCUT2D eigenvalue weighted by Gasteiger charge is -2.00. The summed E-state index contributed by atoms with van der Waals surface area (Å²) in [5, 5.41) is 11.6. The van der Waals surface area contributed by atoms with Gasteiger partial charge in [0, 0.05) is 0 Å². The van der Waals surface area contributed by atoms with Crippen LogP contribution in [0.1, 0.15) is 31.7 Å². The Morgan fingerprint density at radius 2 is 1.82 bits per heavy atom. The van der Waals surface area contributed by atoms with Crippen molar-refractivity contribution in [1.82, 2.24) is 0 Å². The molecule has 1 N–H and O–H groups in total. The second kappa shape index (κ2) is 5.53. The first-order valence-corrected chi connectivity index (χ1v) is 6.19. The van der Waals surface area contributed by atoms with E-state index in [-0.39, 0.29) is 0 Å². The molecule has 1 heteroatoms. The summed E-state index contributed by atoms with van der Waals surface area (Å²) >= 11 is 0. The SMILES string of the molecule is CCCCC=Cc1ccc2cc(O)ccc2c1. The third-order valence-electron chi connectivity index (χ3n) is 2.88. The number of hydrogen-bond acceptors (Lipinski definition) is 1. The summed E-state index contributed by atoms with van der Waals surface area (Å²) in [6.07, 6.45) is 8.02. The Bertz CT molecular complexity index is 526. The molecule has 0 aliphatic heterocycles. The maximum Gasteiger partial charge on any atom is 0.116 e. The highest BCUT2D eigenvalue weighted by Crippen LogP contribution is 2.21. The van der Waals surface area contributed by atoms with Crippen molar-refractivity contribution in [3.63, 3.8) is 0 Å². The molecule has 0 aliphatic rings. The van der Waals surface area contributed by atoms with Crippen LogP contribution in [0.4, 0.5) is 0 Å². The molecule has 2 aromatic carbocycles. The van der Waals surface area contributed by atoms with Gasteiger partial charge in [-0.2, -0.15) is 0 Å². The van der Waals surface area contributed by atoms with E-state index in [1.165, 1.54) is 23.8 Å². The van der Waals surface area contributed by atoms with Crippen LogP contribution in [-0.2, 0) is 0 Å². The molecular formula is C16H18O. The third kappa shape index (κ3) is 3.10. The zero-order chi connectivity index (χ0) is 12.1. The van der Waals surface area contributed by atoms with Crippen LogP contribution in [0, 0.1) is 0 Å². The number of phenolic OH excluding ortho intramolecular Hbond substituents is 1. The van der Waals surface area contributed by atoms with Gasteiger partial charge < -0.3 is 5.11 Å². The first-order chi connectivity index (χ1) is 8.29. The lowest BCUT2D eigenvalue weighted by molar-refractivity contribution is 0.476. The Hall–Kier alpha value is -1.76. The van der Waals surface area contributed by atoms with E-state index >= 15 is 0 Å². The number of phenols is 1. The predicted octanol–water partition coefficient (Wildman–Crippen LogP) is 4.75. The van der Waals surface area contributed by atoms with Crippen molar-refractivity contribution in [2.75, 3.05) is 0 Å². The van der Waals surface area contributed by atoms with Crippen LogP contribution in [0.3, 0.4) is 0 Å². The highest BCUT2D eigenvalue weighted by atomic mass is 16.3. The van der Waals surface area contributed by atoms with E-state index in [1.807, 2.05) is 6.07 Å². The Morgan fingerprint density at radius 3 is 2.65 bits per heavy atom. The largest absolute Gasteiger partial charge is 0.508 e. The van der Waals surface area contributed by atoms with Gasteiger partial charge in [0.15, 0.2) is 0 Å². The number of benzene rings is 2. The van der Waals surface area contributed by atoms with E-state index < -0.39 is 0 Å². The Balaban J connectivity index is 2.20. The summed E-state index contributed by atoms with van der Waals surface area (Å²) < 4.78 is 0. The van der Waals surface area contributed by atoms with E-state index in [1.54, 1.807) is 12.1 Å². The molecule has 88 valence electrons. The molecule has 0 bridgehead atoms. The first-order valence-electron chi connectivity index (χ1n) is 6.19. The molecule has 0 unspecified atom stereocenters. The lowest BCUT2D eigenvalue weighted by Crippen LogP contribution is -1.76. The molecule has 0 atom stereocenters. The van der Waals surface area contributed by atoms with Gasteiger partial charge in [0.1, 0.15) is 5.75 Å². The minimum absolute atomic E-state index is 0.323. The van der Waals surface area contributed by atoms with E-state index in [2.05, 4.69) is 37.3 Å². The van der Waals surface area contributed by atoms with Gasteiger partial charge in [0.2, 0.25) is 0 Å². The number of unbranched alkanes of at least 4 members (excludes halogenated alkanes) is 2. The minimum atomic E-state index is 0.323. The smallest absolute Gasteiger partial charge is 0.116 e. The van der Waals surface area contributed by atoms with Crippen molar-refractivity contribution in [3.05, 3.63) is 48.0 Å². The van der Waals surface area contributed by atoms with Gasteiger partial charge in [0.25, 0.3) is 0 Å². The van der Waals surface area contributed by atoms with Crippen molar-refractivity contribution >= 4 is 16.8 Å². The van der Waals surface area contributed by atoms with Gasteiger partial charge in [-0.05, 0) is 41.0 Å². The molecule has 1 nitrogen and oxygen atoms in total. The van der Waals surface area contributed by atoms with Crippen LogP contribution in [-0.4, -0.2) is 5.11 Å². The number of aromatic hydroxyl groups is 1. The van der Waals surface area contributed by atoms with Gasteiger partial charge in [-0.25, -0.2) is 0 Å². The normalized spacial score (nSPS) is 11.4. The fourth-order valence-corrected chi connectivity index (χ4v) is 1.90. The van der Waals surface area contributed by atoms with Gasteiger partial charge in [-0.1, -0.05) is 50.1 Å². The fourth-order valence-electron chi connectivity index (χ4n) is 1.90. The van der Waals surface area contributed by atoms with Crippen LogP contribution >= 0.6 is 0 Å². The van der Waals surface area contributed by atoms with Crippen LogP contribution in [0.15, 0.2) is 42.5 Å². The quantitative estimate of drug-likeness (QED) is 0.746. The van der Waals surface area contributed by atoms with E-state index in [0.717, 1.165) is 11.8 Å². The molecule has 0 radical (unpaired) electrons. The van der Waals surface area contributed by atoms with Crippen LogP contribution < -0.4 is 0 Å². The summed E-state index contributed by atoms with van der Waals surface area (Å²) in [5.41, 5.74) is 1.22. The van der Waals surface area contributed by atoms with Crippen LogP contribution in [0.5, 0.6) is 5.75 Å². The van der Waals surface area contributed by atoms with E-state index in [0.29, 0.717) is 5.75 Å². The number of fused-ring (bicyclic) bond motifs is 1. The Kier molecular flexibility index (Phi) is 3.81. The van der Waals surface area contributed by atoms with Gasteiger partial charge in [-0.3, -0.25) is 0 Å². The zero-order valence-corrected chi connectivity index (χ0v) is 10.2. The molecule has 0 fully saturated rings. The van der Waals surface area contributed by atoms with E-state index in [4.69, 9.17) is 0 Å². The maximum atomic E-state index is 9.39. The number of allylic oxidation sites excluding steroid dienone is 1. The summed E-state index contributed by atoms with van der Waals surface area (Å²) in [4.78, 5) is 0. The standard InChI is InChI=1S/C16H18O/c1-2-3-4-5-6-13-7-8-15-12-16(17)10-9-14(15)11-13/h5-12,17H,2-4H2,1H3. The number of hydrogen-bond donors (Lipinski definition) is 1. The van der Waals surface area contributed by atoms with Crippen molar-refractivity contribution < 1.29 is 5.11 Å². The van der Waals surface area contributed by atoms with Gasteiger partial charge >= 0.3 is 0 Å². The first kappa shape index (κ1) is 11.7. The maximum absolute atomic E-state index is 9.39. The number of rotatable bonds is 4. The summed E-state index contributed by atoms with van der Waals surface area (Å²) in [6, 6.07) is 11.8. The highest BCUT2D eigenvalue weighted by molar-refractivity contribution is 5.85. The second-order valence-electron chi connectivity index (χ2n) is 4.34. The topological polar surface area (TPSA) is 20.2 Å². The fraction of sp³-hybridized carbons (Fsp3) is 0.250. The van der Waals surface area contributed by atoms with Gasteiger partial charge in [0.05, 0.1) is 0 Å². The Labute approximate surface area is 102 Å². The van der Waals surface area contributed by atoms with Crippen molar-refractivity contribution in [1.29, 1.82) is 0 Å². The molecule has 0 aromatic heterocycles. The van der Waals surface area contributed by atoms with E-state index in [9.17, 15) is 5.11 Å². The average Bonchev–Trinajstić information content (AvgIpc) is 2.35. The summed E-state index contributed by atoms with van der Waals surface area (Å²) in [5.74, 6) is 0.323. The second-order valence-corrected chi connectivity index (χ2v) is 4.34.